The molecule has 1 aliphatic rings. The van der Waals surface area contributed by atoms with Crippen molar-refractivity contribution in [2.24, 2.45) is 0 Å². The number of carbonyl (C=O) groups excluding carboxylic acids is 1. The van der Waals surface area contributed by atoms with E-state index in [9.17, 15) is 9.59 Å². The normalized spacial score (nSPS) is 16.9. The number of carbonyl (C=O) groups is 2. The Bertz CT molecular complexity index is 222. The summed E-state index contributed by atoms with van der Waals surface area (Å²) in [5.74, 6) is 0.137. The maximum Gasteiger partial charge on any atom is 0.407 e. The standard InChI is InChI=1S/C9H16N2O3/c1-2-3-8(12)10-4-6-11(7-5-10)9(13)14/h2-7H2,1H3,(H,13,14). The smallest absolute Gasteiger partial charge is 0.407 e. The molecule has 0 spiro atoms. The Morgan fingerprint density at radius 2 is 1.64 bits per heavy atom. The lowest BCUT2D eigenvalue weighted by atomic mass is 10.2. The zero-order valence-corrected chi connectivity index (χ0v) is 8.40. The van der Waals surface area contributed by atoms with Crippen LogP contribution in [0.15, 0.2) is 0 Å². The molecule has 5 heteroatoms. The molecular formula is C9H16N2O3. The highest BCUT2D eigenvalue weighted by atomic mass is 16.4. The number of nitrogens with zero attached hydrogens (tertiary/aromatic N) is 2. The number of hydrogen-bond acceptors (Lipinski definition) is 2. The van der Waals surface area contributed by atoms with Gasteiger partial charge in [-0.1, -0.05) is 6.92 Å². The Kier molecular flexibility index (Phi) is 3.73. The van der Waals surface area contributed by atoms with Gasteiger partial charge >= 0.3 is 6.09 Å². The number of amides is 2. The van der Waals surface area contributed by atoms with Gasteiger partial charge < -0.3 is 14.9 Å². The van der Waals surface area contributed by atoms with Gasteiger partial charge in [0.1, 0.15) is 0 Å². The molecule has 1 heterocycles. The van der Waals surface area contributed by atoms with Crippen LogP contribution in [0.25, 0.3) is 0 Å². The molecule has 1 rings (SSSR count). The summed E-state index contributed by atoms with van der Waals surface area (Å²) >= 11 is 0. The molecule has 0 radical (unpaired) electrons. The van der Waals surface area contributed by atoms with Crippen molar-refractivity contribution in [2.75, 3.05) is 26.2 Å². The summed E-state index contributed by atoms with van der Waals surface area (Å²) in [5, 5.41) is 8.69. The van der Waals surface area contributed by atoms with Crippen LogP contribution >= 0.6 is 0 Å². The van der Waals surface area contributed by atoms with Crippen LogP contribution in [0.5, 0.6) is 0 Å². The van der Waals surface area contributed by atoms with Gasteiger partial charge in [0.25, 0.3) is 0 Å². The summed E-state index contributed by atoms with van der Waals surface area (Å²) in [4.78, 5) is 25.1. The summed E-state index contributed by atoms with van der Waals surface area (Å²) in [7, 11) is 0. The molecule has 0 saturated carbocycles. The minimum absolute atomic E-state index is 0.137. The molecule has 0 aromatic carbocycles. The molecule has 80 valence electrons. The zero-order chi connectivity index (χ0) is 10.6. The van der Waals surface area contributed by atoms with Crippen LogP contribution in [0, 0.1) is 0 Å². The van der Waals surface area contributed by atoms with Crippen molar-refractivity contribution in [3.8, 4) is 0 Å². The van der Waals surface area contributed by atoms with E-state index in [1.54, 1.807) is 4.90 Å². The minimum atomic E-state index is -0.896. The van der Waals surface area contributed by atoms with Gasteiger partial charge in [-0.2, -0.15) is 0 Å². The molecule has 14 heavy (non-hydrogen) atoms. The maximum atomic E-state index is 11.4. The Morgan fingerprint density at radius 1 is 1.14 bits per heavy atom. The van der Waals surface area contributed by atoms with Gasteiger partial charge in [0.05, 0.1) is 0 Å². The first-order chi connectivity index (χ1) is 6.65. The van der Waals surface area contributed by atoms with Gasteiger partial charge in [0, 0.05) is 32.6 Å². The van der Waals surface area contributed by atoms with Crippen molar-refractivity contribution in [3.63, 3.8) is 0 Å². The van der Waals surface area contributed by atoms with Crippen LogP contribution in [-0.4, -0.2) is 53.1 Å². The summed E-state index contributed by atoms with van der Waals surface area (Å²) in [5.41, 5.74) is 0. The molecule has 0 bridgehead atoms. The predicted molar refractivity (Wildman–Crippen MR) is 51.1 cm³/mol. The fourth-order valence-corrected chi connectivity index (χ4v) is 1.52. The van der Waals surface area contributed by atoms with E-state index < -0.39 is 6.09 Å². The minimum Gasteiger partial charge on any atom is -0.465 e. The highest BCUT2D eigenvalue weighted by Gasteiger charge is 2.22. The highest BCUT2D eigenvalue weighted by Crippen LogP contribution is 2.04. The molecule has 1 aliphatic heterocycles. The summed E-state index contributed by atoms with van der Waals surface area (Å²) in [6, 6.07) is 0. The molecular weight excluding hydrogens is 184 g/mol. The van der Waals surface area contributed by atoms with E-state index in [0.29, 0.717) is 32.6 Å². The van der Waals surface area contributed by atoms with Gasteiger partial charge in [0.15, 0.2) is 0 Å². The van der Waals surface area contributed by atoms with E-state index in [4.69, 9.17) is 5.11 Å². The molecule has 0 aromatic heterocycles. The lowest BCUT2D eigenvalue weighted by molar-refractivity contribution is -0.132. The van der Waals surface area contributed by atoms with E-state index in [1.165, 1.54) is 4.90 Å². The van der Waals surface area contributed by atoms with Crippen LogP contribution in [-0.2, 0) is 4.79 Å². The lowest BCUT2D eigenvalue weighted by Gasteiger charge is -2.33. The van der Waals surface area contributed by atoms with Crippen LogP contribution in [0.3, 0.4) is 0 Å². The van der Waals surface area contributed by atoms with Gasteiger partial charge in [-0.3, -0.25) is 4.79 Å². The Labute approximate surface area is 83.3 Å². The molecule has 0 aromatic rings. The monoisotopic (exact) mass is 200 g/mol. The summed E-state index contributed by atoms with van der Waals surface area (Å²) in [6.45, 7) is 3.90. The van der Waals surface area contributed by atoms with Crippen molar-refractivity contribution in [3.05, 3.63) is 0 Å². The van der Waals surface area contributed by atoms with Crippen LogP contribution in [0.4, 0.5) is 4.79 Å². The number of carboxylic acid groups (broad SMARTS) is 1. The molecule has 0 aliphatic carbocycles. The topological polar surface area (TPSA) is 60.9 Å². The van der Waals surface area contributed by atoms with Crippen LogP contribution in [0.2, 0.25) is 0 Å². The van der Waals surface area contributed by atoms with Crippen LogP contribution < -0.4 is 0 Å². The largest absolute Gasteiger partial charge is 0.465 e. The zero-order valence-electron chi connectivity index (χ0n) is 8.40. The summed E-state index contributed by atoms with van der Waals surface area (Å²) in [6.07, 6.45) is 0.512. The summed E-state index contributed by atoms with van der Waals surface area (Å²) < 4.78 is 0. The third kappa shape index (κ3) is 2.61. The third-order valence-electron chi connectivity index (χ3n) is 2.37. The predicted octanol–water partition coefficient (Wildman–Crippen LogP) is 0.609. The van der Waals surface area contributed by atoms with E-state index >= 15 is 0 Å². The molecule has 0 unspecified atom stereocenters. The van der Waals surface area contributed by atoms with Gasteiger partial charge in [-0.05, 0) is 6.42 Å². The maximum absolute atomic E-state index is 11.4. The van der Waals surface area contributed by atoms with Gasteiger partial charge in [-0.25, -0.2) is 4.79 Å². The lowest BCUT2D eigenvalue weighted by Crippen LogP contribution is -2.50. The van der Waals surface area contributed by atoms with Crippen molar-refractivity contribution in [1.29, 1.82) is 0 Å². The molecule has 1 saturated heterocycles. The second-order valence-electron chi connectivity index (χ2n) is 3.40. The van der Waals surface area contributed by atoms with E-state index in [2.05, 4.69) is 0 Å². The number of rotatable bonds is 2. The molecule has 0 atom stereocenters. The first-order valence-electron chi connectivity index (χ1n) is 4.90. The first-order valence-corrected chi connectivity index (χ1v) is 4.90. The number of hydrogen-bond donors (Lipinski definition) is 1. The Balaban J connectivity index is 2.35. The molecule has 5 nitrogen and oxygen atoms in total. The molecule has 2 amide bonds. The molecule has 1 fully saturated rings. The van der Waals surface area contributed by atoms with E-state index in [-0.39, 0.29) is 5.91 Å². The second-order valence-corrected chi connectivity index (χ2v) is 3.40. The fraction of sp³-hybridized carbons (Fsp3) is 0.778. The average Bonchev–Trinajstić information content (AvgIpc) is 2.18. The first kappa shape index (κ1) is 10.8. The average molecular weight is 200 g/mol. The van der Waals surface area contributed by atoms with E-state index in [1.807, 2.05) is 6.92 Å². The van der Waals surface area contributed by atoms with Crippen molar-refractivity contribution < 1.29 is 14.7 Å². The van der Waals surface area contributed by atoms with Crippen molar-refractivity contribution in [2.45, 2.75) is 19.8 Å². The third-order valence-corrected chi connectivity index (χ3v) is 2.37. The Hall–Kier alpha value is -1.26. The number of piperazine rings is 1. The van der Waals surface area contributed by atoms with Gasteiger partial charge in [-0.15, -0.1) is 0 Å². The van der Waals surface area contributed by atoms with Gasteiger partial charge in [0.2, 0.25) is 5.91 Å². The van der Waals surface area contributed by atoms with Crippen molar-refractivity contribution >= 4 is 12.0 Å². The van der Waals surface area contributed by atoms with E-state index in [0.717, 1.165) is 6.42 Å². The quantitative estimate of drug-likeness (QED) is 0.710. The van der Waals surface area contributed by atoms with Crippen molar-refractivity contribution in [1.82, 2.24) is 9.80 Å². The fourth-order valence-electron chi connectivity index (χ4n) is 1.52. The Morgan fingerprint density at radius 3 is 2.07 bits per heavy atom. The van der Waals surface area contributed by atoms with Crippen LogP contribution in [0.1, 0.15) is 19.8 Å². The molecule has 1 N–H and O–H groups in total. The highest BCUT2D eigenvalue weighted by molar-refractivity contribution is 5.76. The second kappa shape index (κ2) is 4.83. The SMILES string of the molecule is CCCC(=O)N1CCN(C(=O)O)CC1.